The number of hydrogen-bond acceptors (Lipinski definition) is 4. The Labute approximate surface area is 208 Å². The highest BCUT2D eigenvalue weighted by atomic mass is 15.3. The Bertz CT molecular complexity index is 1300. The van der Waals surface area contributed by atoms with Gasteiger partial charge in [0.05, 0.1) is 5.69 Å². The number of hydrogen-bond donors (Lipinski definition) is 2. The van der Waals surface area contributed by atoms with Gasteiger partial charge in [-0.3, -0.25) is 4.90 Å². The van der Waals surface area contributed by atoms with Gasteiger partial charge in [0.25, 0.3) is 0 Å². The van der Waals surface area contributed by atoms with E-state index in [9.17, 15) is 0 Å². The predicted molar refractivity (Wildman–Crippen MR) is 146 cm³/mol. The van der Waals surface area contributed by atoms with E-state index in [0.717, 1.165) is 36.1 Å². The molecule has 0 saturated carbocycles. The van der Waals surface area contributed by atoms with Crippen LogP contribution in [-0.2, 0) is 0 Å². The summed E-state index contributed by atoms with van der Waals surface area (Å²) in [5.74, 6) is 0.770. The minimum atomic E-state index is 0.767. The molecule has 6 nitrogen and oxygen atoms in total. The molecular formula is C29H38N6. The number of pyridine rings is 1. The zero-order chi connectivity index (χ0) is 23.9. The van der Waals surface area contributed by atoms with Gasteiger partial charge in [-0.1, -0.05) is 13.8 Å². The molecule has 1 aromatic carbocycles. The van der Waals surface area contributed by atoms with Crippen LogP contribution in [0.15, 0.2) is 42.7 Å². The van der Waals surface area contributed by atoms with Crippen LogP contribution in [0.1, 0.15) is 32.3 Å². The molecule has 35 heavy (non-hydrogen) atoms. The number of fused-ring (bicyclic) bond motifs is 2. The summed E-state index contributed by atoms with van der Waals surface area (Å²) in [5, 5.41) is 2.48. The van der Waals surface area contributed by atoms with Crippen molar-refractivity contribution in [2.24, 2.45) is 5.92 Å². The van der Waals surface area contributed by atoms with E-state index in [0.29, 0.717) is 0 Å². The number of piperidine rings is 1. The maximum absolute atomic E-state index is 4.46. The molecule has 5 heterocycles. The summed E-state index contributed by atoms with van der Waals surface area (Å²) in [4.78, 5) is 19.4. The fraction of sp³-hybridized carbons (Fsp3) is 0.483. The van der Waals surface area contributed by atoms with E-state index in [2.05, 4.69) is 80.8 Å². The highest BCUT2D eigenvalue weighted by molar-refractivity contribution is 5.99. The monoisotopic (exact) mass is 470 g/mol. The van der Waals surface area contributed by atoms with Gasteiger partial charge in [0.1, 0.15) is 5.65 Å². The number of H-pyrrole nitrogens is 2. The van der Waals surface area contributed by atoms with Gasteiger partial charge >= 0.3 is 0 Å². The van der Waals surface area contributed by atoms with Crippen LogP contribution in [-0.4, -0.2) is 76.6 Å². The molecule has 3 aromatic heterocycles. The molecule has 0 unspecified atom stereocenters. The number of nitrogens with zero attached hydrogens (tertiary/aromatic N) is 4. The van der Waals surface area contributed by atoms with Crippen LogP contribution in [0.5, 0.6) is 0 Å². The lowest BCUT2D eigenvalue weighted by atomic mass is 10.0. The second kappa shape index (κ2) is 9.32. The van der Waals surface area contributed by atoms with Gasteiger partial charge in [-0.15, -0.1) is 0 Å². The summed E-state index contributed by atoms with van der Waals surface area (Å²) in [6.07, 6.45) is 6.50. The number of anilines is 1. The standard InChI is InChI=1S/C29H38N6/c1-20(2)19-33-12-8-22(9-13-33)34-14-16-35(17-15-34)23-4-5-27-26(18-23)21(3)28(32-27)24-6-10-30-29-25(24)7-11-31-29/h4-7,10-11,18,20,22,32H,8-9,12-17,19H2,1-3H3,(H,30,31). The zero-order valence-electron chi connectivity index (χ0n) is 21.3. The second-order valence-electron chi connectivity index (χ2n) is 10.9. The van der Waals surface area contributed by atoms with E-state index in [4.69, 9.17) is 0 Å². The van der Waals surface area contributed by atoms with Gasteiger partial charge in [-0.2, -0.15) is 0 Å². The summed E-state index contributed by atoms with van der Waals surface area (Å²) in [5.41, 5.74) is 7.19. The van der Waals surface area contributed by atoms with Gasteiger partial charge in [0, 0.05) is 78.7 Å². The van der Waals surface area contributed by atoms with E-state index < -0.39 is 0 Å². The minimum Gasteiger partial charge on any atom is -0.369 e. The first-order valence-corrected chi connectivity index (χ1v) is 13.3. The summed E-state index contributed by atoms with van der Waals surface area (Å²) >= 11 is 0. The zero-order valence-corrected chi connectivity index (χ0v) is 21.3. The largest absolute Gasteiger partial charge is 0.369 e. The first kappa shape index (κ1) is 22.6. The summed E-state index contributed by atoms with van der Waals surface area (Å²) < 4.78 is 0. The van der Waals surface area contributed by atoms with Gasteiger partial charge in [-0.05, 0) is 74.7 Å². The van der Waals surface area contributed by atoms with Crippen molar-refractivity contribution < 1.29 is 0 Å². The molecule has 0 atom stereocenters. The highest BCUT2D eigenvalue weighted by Crippen LogP contribution is 2.35. The molecule has 0 bridgehead atoms. The van der Waals surface area contributed by atoms with Crippen molar-refractivity contribution in [1.82, 2.24) is 24.8 Å². The molecule has 184 valence electrons. The van der Waals surface area contributed by atoms with Crippen LogP contribution in [0.3, 0.4) is 0 Å². The lowest BCUT2D eigenvalue weighted by molar-refractivity contribution is 0.0974. The number of rotatable bonds is 5. The Morgan fingerprint density at radius 2 is 1.77 bits per heavy atom. The molecule has 2 N–H and O–H groups in total. The van der Waals surface area contributed by atoms with E-state index in [1.54, 1.807) is 0 Å². The van der Waals surface area contributed by atoms with Crippen LogP contribution >= 0.6 is 0 Å². The quantitative estimate of drug-likeness (QED) is 0.418. The van der Waals surface area contributed by atoms with E-state index in [1.165, 1.54) is 79.0 Å². The predicted octanol–water partition coefficient (Wildman–Crippen LogP) is 5.26. The number of nitrogens with one attached hydrogen (secondary N) is 2. The minimum absolute atomic E-state index is 0.767. The molecule has 0 radical (unpaired) electrons. The molecule has 2 fully saturated rings. The van der Waals surface area contributed by atoms with Crippen molar-refractivity contribution in [2.45, 2.75) is 39.7 Å². The number of aromatic amines is 2. The Balaban J connectivity index is 1.15. The van der Waals surface area contributed by atoms with Crippen molar-refractivity contribution in [3.05, 3.63) is 48.3 Å². The van der Waals surface area contributed by atoms with Crippen LogP contribution in [0, 0.1) is 12.8 Å². The van der Waals surface area contributed by atoms with Crippen LogP contribution in [0.4, 0.5) is 5.69 Å². The van der Waals surface area contributed by atoms with Crippen molar-refractivity contribution in [1.29, 1.82) is 0 Å². The number of likely N-dealkylation sites (tertiary alicyclic amines) is 1. The third kappa shape index (κ3) is 4.34. The van der Waals surface area contributed by atoms with E-state index in [-0.39, 0.29) is 0 Å². The molecule has 2 aliphatic rings. The molecule has 6 heteroatoms. The third-order valence-corrected chi connectivity index (χ3v) is 8.15. The molecule has 0 spiro atoms. The first-order chi connectivity index (χ1) is 17.1. The Kier molecular flexibility index (Phi) is 6.02. The molecule has 6 rings (SSSR count). The molecular weight excluding hydrogens is 432 g/mol. The van der Waals surface area contributed by atoms with Crippen molar-refractivity contribution in [3.8, 4) is 11.3 Å². The normalized spacial score (nSPS) is 18.9. The van der Waals surface area contributed by atoms with Gasteiger partial charge < -0.3 is 19.8 Å². The first-order valence-electron chi connectivity index (χ1n) is 13.3. The molecule has 2 saturated heterocycles. The fourth-order valence-electron chi connectivity index (χ4n) is 6.29. The Morgan fingerprint density at radius 3 is 2.54 bits per heavy atom. The van der Waals surface area contributed by atoms with Crippen molar-refractivity contribution >= 4 is 27.6 Å². The molecule has 0 amide bonds. The average molecular weight is 471 g/mol. The molecule has 0 aliphatic carbocycles. The Hall–Kier alpha value is -2.83. The van der Waals surface area contributed by atoms with Crippen molar-refractivity contribution in [3.63, 3.8) is 0 Å². The summed E-state index contributed by atoms with van der Waals surface area (Å²) in [7, 11) is 0. The van der Waals surface area contributed by atoms with Gasteiger partial charge in [-0.25, -0.2) is 4.98 Å². The number of benzene rings is 1. The highest BCUT2D eigenvalue weighted by Gasteiger charge is 2.28. The van der Waals surface area contributed by atoms with Gasteiger partial charge in [0.15, 0.2) is 0 Å². The maximum atomic E-state index is 4.46. The lowest BCUT2D eigenvalue weighted by Gasteiger charge is -2.43. The smallest absolute Gasteiger partial charge is 0.137 e. The van der Waals surface area contributed by atoms with Crippen LogP contribution in [0.2, 0.25) is 0 Å². The number of aryl methyl sites for hydroxylation is 1. The number of aromatic nitrogens is 3. The lowest BCUT2D eigenvalue weighted by Crippen LogP contribution is -2.53. The van der Waals surface area contributed by atoms with Crippen molar-refractivity contribution in [2.75, 3.05) is 50.7 Å². The van der Waals surface area contributed by atoms with Crippen LogP contribution < -0.4 is 4.90 Å². The molecule has 4 aromatic rings. The average Bonchev–Trinajstić information content (AvgIpc) is 3.49. The summed E-state index contributed by atoms with van der Waals surface area (Å²) in [6.45, 7) is 15.3. The SMILES string of the molecule is Cc1c(-c2ccnc3[nH]ccc23)[nH]c2ccc(N3CCN(C4CCN(CC(C)C)CC4)CC3)cc12. The number of piperazine rings is 1. The maximum Gasteiger partial charge on any atom is 0.137 e. The van der Waals surface area contributed by atoms with Crippen LogP contribution in [0.25, 0.3) is 33.2 Å². The third-order valence-electron chi connectivity index (χ3n) is 8.15. The second-order valence-corrected chi connectivity index (χ2v) is 10.9. The topological polar surface area (TPSA) is 54.2 Å². The van der Waals surface area contributed by atoms with E-state index in [1.807, 2.05) is 12.4 Å². The summed E-state index contributed by atoms with van der Waals surface area (Å²) in [6, 6.07) is 11.9. The molecule has 2 aliphatic heterocycles. The Morgan fingerprint density at radius 1 is 0.971 bits per heavy atom. The van der Waals surface area contributed by atoms with Gasteiger partial charge in [0.2, 0.25) is 0 Å². The van der Waals surface area contributed by atoms with E-state index >= 15 is 0 Å². The fourth-order valence-corrected chi connectivity index (χ4v) is 6.29.